The highest BCUT2D eigenvalue weighted by Gasteiger charge is 2.25. The van der Waals surface area contributed by atoms with E-state index in [9.17, 15) is 4.79 Å². The molecule has 0 aliphatic carbocycles. The highest BCUT2D eigenvalue weighted by Crippen LogP contribution is 2.30. The zero-order valence-corrected chi connectivity index (χ0v) is 20.1. The lowest BCUT2D eigenvalue weighted by molar-refractivity contribution is -0.115. The van der Waals surface area contributed by atoms with Crippen molar-refractivity contribution in [2.24, 2.45) is 0 Å². The largest absolute Gasteiger partial charge is 0.378 e. The fraction of sp³-hybridized carbons (Fsp3) is 0.269. The molecule has 34 heavy (non-hydrogen) atoms. The molecule has 1 atom stereocenters. The highest BCUT2D eigenvalue weighted by molar-refractivity contribution is 8.00. The van der Waals surface area contributed by atoms with Gasteiger partial charge in [0.25, 0.3) is 0 Å². The lowest BCUT2D eigenvalue weighted by atomic mass is 10.1. The first-order valence-electron chi connectivity index (χ1n) is 11.4. The molecule has 1 unspecified atom stereocenters. The van der Waals surface area contributed by atoms with Gasteiger partial charge in [-0.05, 0) is 54.4 Å². The molecule has 1 aliphatic rings. The summed E-state index contributed by atoms with van der Waals surface area (Å²) in [6, 6.07) is 22.3. The van der Waals surface area contributed by atoms with E-state index in [0.717, 1.165) is 46.7 Å². The van der Waals surface area contributed by atoms with E-state index in [-0.39, 0.29) is 11.2 Å². The molecule has 1 aliphatic heterocycles. The van der Waals surface area contributed by atoms with Gasteiger partial charge >= 0.3 is 0 Å². The van der Waals surface area contributed by atoms with Crippen LogP contribution in [0.4, 0.5) is 11.6 Å². The Morgan fingerprint density at radius 2 is 1.79 bits per heavy atom. The van der Waals surface area contributed by atoms with Crippen molar-refractivity contribution in [1.82, 2.24) is 14.8 Å². The standard InChI is InChI=1S/C26H27N5O2S/c1-18-6-5-9-23(16-18)31-25(30-12-14-33-15-13-30)28-29-26(31)34-19(2)24(32)27-22-11-10-20-7-3-4-8-21(20)17-22/h3-11,16-17,19H,12-15H2,1-2H3,(H,27,32). The molecule has 1 saturated heterocycles. The number of rotatable bonds is 6. The van der Waals surface area contributed by atoms with Crippen molar-refractivity contribution in [1.29, 1.82) is 0 Å². The van der Waals surface area contributed by atoms with Crippen molar-refractivity contribution in [3.05, 3.63) is 72.3 Å². The maximum absolute atomic E-state index is 13.0. The molecule has 1 amide bonds. The number of amides is 1. The van der Waals surface area contributed by atoms with Gasteiger partial charge in [-0.3, -0.25) is 9.36 Å². The number of aryl methyl sites for hydroxylation is 1. The summed E-state index contributed by atoms with van der Waals surface area (Å²) in [5, 5.41) is 14.6. The van der Waals surface area contributed by atoms with Gasteiger partial charge in [0.15, 0.2) is 5.16 Å². The Morgan fingerprint density at radius 3 is 2.59 bits per heavy atom. The number of nitrogens with zero attached hydrogens (tertiary/aromatic N) is 4. The van der Waals surface area contributed by atoms with Gasteiger partial charge in [-0.15, -0.1) is 10.2 Å². The van der Waals surface area contributed by atoms with Crippen LogP contribution < -0.4 is 10.2 Å². The number of carbonyl (C=O) groups is 1. The summed E-state index contributed by atoms with van der Waals surface area (Å²) in [7, 11) is 0. The van der Waals surface area contributed by atoms with E-state index in [1.165, 1.54) is 11.8 Å². The molecular weight excluding hydrogens is 446 g/mol. The summed E-state index contributed by atoms with van der Waals surface area (Å²) < 4.78 is 7.56. The van der Waals surface area contributed by atoms with Crippen LogP contribution in [0.1, 0.15) is 12.5 Å². The third-order valence-corrected chi connectivity index (χ3v) is 6.88. The van der Waals surface area contributed by atoms with Crippen LogP contribution in [0.5, 0.6) is 0 Å². The number of hydrogen-bond donors (Lipinski definition) is 1. The smallest absolute Gasteiger partial charge is 0.237 e. The van der Waals surface area contributed by atoms with E-state index in [1.807, 2.05) is 60.0 Å². The lowest BCUT2D eigenvalue weighted by Crippen LogP contribution is -2.38. The third kappa shape index (κ3) is 4.78. The summed E-state index contributed by atoms with van der Waals surface area (Å²) in [4.78, 5) is 15.2. The first-order chi connectivity index (χ1) is 16.6. The van der Waals surface area contributed by atoms with E-state index in [0.29, 0.717) is 18.4 Å². The second kappa shape index (κ2) is 9.87. The normalized spacial score (nSPS) is 14.8. The molecule has 7 nitrogen and oxygen atoms in total. The second-order valence-electron chi connectivity index (χ2n) is 8.37. The number of ether oxygens (including phenoxy) is 1. The van der Waals surface area contributed by atoms with Gasteiger partial charge < -0.3 is 15.0 Å². The van der Waals surface area contributed by atoms with E-state index >= 15 is 0 Å². The van der Waals surface area contributed by atoms with Gasteiger partial charge in [-0.2, -0.15) is 0 Å². The molecule has 4 aromatic rings. The molecule has 174 valence electrons. The second-order valence-corrected chi connectivity index (χ2v) is 9.68. The van der Waals surface area contributed by atoms with E-state index in [1.54, 1.807) is 0 Å². The van der Waals surface area contributed by atoms with Crippen LogP contribution in [0.2, 0.25) is 0 Å². The van der Waals surface area contributed by atoms with E-state index < -0.39 is 0 Å². The van der Waals surface area contributed by atoms with Crippen LogP contribution in [-0.2, 0) is 9.53 Å². The predicted octanol–water partition coefficient (Wildman–Crippen LogP) is 4.68. The van der Waals surface area contributed by atoms with Gasteiger partial charge in [0.1, 0.15) is 0 Å². The van der Waals surface area contributed by atoms with Crippen molar-refractivity contribution < 1.29 is 9.53 Å². The molecule has 5 rings (SSSR count). The van der Waals surface area contributed by atoms with Crippen LogP contribution in [-0.4, -0.2) is 52.2 Å². The summed E-state index contributed by atoms with van der Waals surface area (Å²) in [6.45, 7) is 6.79. The molecule has 1 aromatic heterocycles. The quantitative estimate of drug-likeness (QED) is 0.410. The summed E-state index contributed by atoms with van der Waals surface area (Å²) in [5.74, 6) is 0.700. The number of morpholine rings is 1. The number of fused-ring (bicyclic) bond motifs is 1. The number of nitrogens with one attached hydrogen (secondary N) is 1. The van der Waals surface area contributed by atoms with Gasteiger partial charge in [0, 0.05) is 18.8 Å². The Labute approximate surface area is 203 Å². The van der Waals surface area contributed by atoms with Crippen LogP contribution in [0.15, 0.2) is 71.9 Å². The van der Waals surface area contributed by atoms with Crippen LogP contribution in [0, 0.1) is 6.92 Å². The van der Waals surface area contributed by atoms with Crippen molar-refractivity contribution in [2.45, 2.75) is 24.3 Å². The maximum atomic E-state index is 13.0. The monoisotopic (exact) mass is 473 g/mol. The van der Waals surface area contributed by atoms with Crippen LogP contribution in [0.3, 0.4) is 0 Å². The third-order valence-electron chi connectivity index (χ3n) is 5.84. The maximum Gasteiger partial charge on any atom is 0.237 e. The molecule has 1 N–H and O–H groups in total. The fourth-order valence-electron chi connectivity index (χ4n) is 4.02. The lowest BCUT2D eigenvalue weighted by Gasteiger charge is -2.28. The van der Waals surface area contributed by atoms with Crippen molar-refractivity contribution in [2.75, 3.05) is 36.5 Å². The Kier molecular flexibility index (Phi) is 6.51. The number of anilines is 2. The summed E-state index contributed by atoms with van der Waals surface area (Å²) >= 11 is 1.41. The van der Waals surface area contributed by atoms with Crippen molar-refractivity contribution in [3.63, 3.8) is 0 Å². The first-order valence-corrected chi connectivity index (χ1v) is 12.3. The molecule has 2 heterocycles. The number of hydrogen-bond acceptors (Lipinski definition) is 6. The molecule has 0 radical (unpaired) electrons. The zero-order chi connectivity index (χ0) is 23.5. The summed E-state index contributed by atoms with van der Waals surface area (Å²) in [5.41, 5.74) is 2.92. The molecule has 0 spiro atoms. The van der Waals surface area contributed by atoms with Crippen molar-refractivity contribution >= 4 is 40.1 Å². The number of aromatic nitrogens is 3. The Morgan fingerprint density at radius 1 is 1.00 bits per heavy atom. The molecular formula is C26H27N5O2S. The van der Waals surface area contributed by atoms with Crippen LogP contribution >= 0.6 is 11.8 Å². The van der Waals surface area contributed by atoms with E-state index in [4.69, 9.17) is 4.74 Å². The van der Waals surface area contributed by atoms with Crippen LogP contribution in [0.25, 0.3) is 16.5 Å². The fourth-order valence-corrected chi connectivity index (χ4v) is 4.88. The summed E-state index contributed by atoms with van der Waals surface area (Å²) in [6.07, 6.45) is 0. The molecule has 8 heteroatoms. The Bertz CT molecular complexity index is 1320. The first kappa shape index (κ1) is 22.4. The average molecular weight is 474 g/mol. The average Bonchev–Trinajstić information content (AvgIpc) is 3.28. The van der Waals surface area contributed by atoms with Gasteiger partial charge in [-0.1, -0.05) is 54.2 Å². The van der Waals surface area contributed by atoms with E-state index in [2.05, 4.69) is 45.5 Å². The Hall–Kier alpha value is -3.36. The minimum absolute atomic E-state index is 0.0769. The molecule has 3 aromatic carbocycles. The number of benzene rings is 3. The van der Waals surface area contributed by atoms with Crippen molar-refractivity contribution in [3.8, 4) is 5.69 Å². The van der Waals surface area contributed by atoms with Gasteiger partial charge in [-0.25, -0.2) is 0 Å². The topological polar surface area (TPSA) is 72.3 Å². The number of thioether (sulfide) groups is 1. The highest BCUT2D eigenvalue weighted by atomic mass is 32.2. The van der Waals surface area contributed by atoms with Gasteiger partial charge in [0.05, 0.1) is 24.2 Å². The van der Waals surface area contributed by atoms with Gasteiger partial charge in [0.2, 0.25) is 11.9 Å². The predicted molar refractivity (Wildman–Crippen MR) is 137 cm³/mol. The SMILES string of the molecule is Cc1cccc(-n2c(SC(C)C(=O)Nc3ccc4ccccc4c3)nnc2N2CCOCC2)c1. The molecule has 1 fully saturated rings. The number of carbonyl (C=O) groups excluding carboxylic acids is 1. The zero-order valence-electron chi connectivity index (χ0n) is 19.3. The minimum Gasteiger partial charge on any atom is -0.378 e. The molecule has 0 bridgehead atoms. The Balaban J connectivity index is 1.39. The molecule has 0 saturated carbocycles. The minimum atomic E-state index is -0.364.